The summed E-state index contributed by atoms with van der Waals surface area (Å²) < 4.78 is 0. The molecule has 1 aromatic carbocycles. The van der Waals surface area contributed by atoms with E-state index < -0.39 is 0 Å². The molecule has 2 aromatic rings. The monoisotopic (exact) mass is 270 g/mol. The van der Waals surface area contributed by atoms with Crippen LogP contribution in [0.15, 0.2) is 30.5 Å². The summed E-state index contributed by atoms with van der Waals surface area (Å²) in [6.07, 6.45) is 4.24. The number of nitrogen functional groups attached to an aromatic ring is 1. The molecule has 3 N–H and O–H groups in total. The number of rotatable bonds is 3. The van der Waals surface area contributed by atoms with Crippen LogP contribution in [0.3, 0.4) is 0 Å². The number of nitrogens with zero attached hydrogens (tertiary/aromatic N) is 3. The Bertz CT molecular complexity index is 609. The third-order valence-electron chi connectivity index (χ3n) is 3.63. The maximum Gasteiger partial charge on any atom is 0.220 e. The van der Waals surface area contributed by atoms with E-state index in [1.165, 1.54) is 12.8 Å². The number of phenols is 1. The Labute approximate surface area is 118 Å². The quantitative estimate of drug-likeness (QED) is 0.892. The van der Waals surface area contributed by atoms with Crippen molar-refractivity contribution in [2.45, 2.75) is 19.4 Å². The zero-order valence-corrected chi connectivity index (χ0v) is 11.3. The van der Waals surface area contributed by atoms with Crippen LogP contribution in [-0.2, 0) is 6.54 Å². The second-order valence-corrected chi connectivity index (χ2v) is 5.10. The van der Waals surface area contributed by atoms with Crippen molar-refractivity contribution < 1.29 is 5.11 Å². The first-order chi connectivity index (χ1) is 9.74. The van der Waals surface area contributed by atoms with E-state index in [4.69, 9.17) is 5.73 Å². The van der Waals surface area contributed by atoms with Crippen LogP contribution >= 0.6 is 0 Å². The lowest BCUT2D eigenvalue weighted by Gasteiger charge is -2.17. The van der Waals surface area contributed by atoms with E-state index in [9.17, 15) is 5.11 Å². The molecule has 0 atom stereocenters. The first kappa shape index (κ1) is 12.9. The van der Waals surface area contributed by atoms with Gasteiger partial charge in [0.25, 0.3) is 0 Å². The first-order valence-corrected chi connectivity index (χ1v) is 6.86. The lowest BCUT2D eigenvalue weighted by Crippen LogP contribution is -2.19. The molecule has 1 saturated heterocycles. The number of benzene rings is 1. The SMILES string of the molecule is Nc1ncc(CN2CCCC2)c(-c2ccccc2O)n1. The van der Waals surface area contributed by atoms with Crippen molar-refractivity contribution in [3.8, 4) is 17.0 Å². The van der Waals surface area contributed by atoms with Crippen molar-refractivity contribution in [3.63, 3.8) is 0 Å². The van der Waals surface area contributed by atoms with Crippen LogP contribution in [0.4, 0.5) is 5.95 Å². The summed E-state index contributed by atoms with van der Waals surface area (Å²) in [6.45, 7) is 3.00. The van der Waals surface area contributed by atoms with Crippen LogP contribution in [0, 0.1) is 0 Å². The Morgan fingerprint density at radius 1 is 1.20 bits per heavy atom. The number of nitrogens with two attached hydrogens (primary N) is 1. The highest BCUT2D eigenvalue weighted by molar-refractivity contribution is 5.69. The third-order valence-corrected chi connectivity index (χ3v) is 3.63. The molecule has 1 fully saturated rings. The van der Waals surface area contributed by atoms with Crippen LogP contribution in [0.5, 0.6) is 5.75 Å². The molecule has 1 aliphatic heterocycles. The van der Waals surface area contributed by atoms with Crippen molar-refractivity contribution in [2.75, 3.05) is 18.8 Å². The summed E-state index contributed by atoms with van der Waals surface area (Å²) in [4.78, 5) is 10.8. The van der Waals surface area contributed by atoms with Gasteiger partial charge in [-0.25, -0.2) is 9.97 Å². The maximum absolute atomic E-state index is 10.0. The molecule has 1 aromatic heterocycles. The van der Waals surface area contributed by atoms with Gasteiger partial charge in [-0.15, -0.1) is 0 Å². The van der Waals surface area contributed by atoms with Crippen molar-refractivity contribution in [1.29, 1.82) is 0 Å². The van der Waals surface area contributed by atoms with Gasteiger partial charge in [0, 0.05) is 23.9 Å². The zero-order chi connectivity index (χ0) is 13.9. The zero-order valence-electron chi connectivity index (χ0n) is 11.3. The van der Waals surface area contributed by atoms with E-state index >= 15 is 0 Å². The molecule has 2 heterocycles. The molecule has 3 rings (SSSR count). The molecular weight excluding hydrogens is 252 g/mol. The molecule has 1 aliphatic rings. The van der Waals surface area contributed by atoms with Gasteiger partial charge in [-0.1, -0.05) is 12.1 Å². The predicted octanol–water partition coefficient (Wildman–Crippen LogP) is 2.03. The number of likely N-dealkylation sites (tertiary alicyclic amines) is 1. The topological polar surface area (TPSA) is 75.3 Å². The van der Waals surface area contributed by atoms with Crippen LogP contribution in [-0.4, -0.2) is 33.1 Å². The maximum atomic E-state index is 10.0. The lowest BCUT2D eigenvalue weighted by molar-refractivity contribution is 0.331. The second-order valence-electron chi connectivity index (χ2n) is 5.10. The standard InChI is InChI=1S/C15H18N4O/c16-15-17-9-11(10-19-7-3-4-8-19)14(18-15)12-5-1-2-6-13(12)20/h1-2,5-6,9,20H,3-4,7-8,10H2,(H2,16,17,18). The highest BCUT2D eigenvalue weighted by atomic mass is 16.3. The molecule has 20 heavy (non-hydrogen) atoms. The van der Waals surface area contributed by atoms with E-state index in [-0.39, 0.29) is 11.7 Å². The summed E-state index contributed by atoms with van der Waals surface area (Å²) in [5.41, 5.74) is 8.14. The van der Waals surface area contributed by atoms with Gasteiger partial charge in [-0.2, -0.15) is 0 Å². The summed E-state index contributed by atoms with van der Waals surface area (Å²) in [5.74, 6) is 0.446. The molecular formula is C15H18N4O. The fourth-order valence-electron chi connectivity index (χ4n) is 2.62. The Balaban J connectivity index is 2.00. The summed E-state index contributed by atoms with van der Waals surface area (Å²) >= 11 is 0. The van der Waals surface area contributed by atoms with Gasteiger partial charge in [0.05, 0.1) is 5.69 Å². The van der Waals surface area contributed by atoms with Crippen LogP contribution in [0.25, 0.3) is 11.3 Å². The Morgan fingerprint density at radius 3 is 2.70 bits per heavy atom. The number of anilines is 1. The number of phenolic OH excluding ortho intramolecular Hbond substituents is 1. The van der Waals surface area contributed by atoms with E-state index in [1.807, 2.05) is 12.1 Å². The number of para-hydroxylation sites is 1. The van der Waals surface area contributed by atoms with Gasteiger partial charge < -0.3 is 10.8 Å². The highest BCUT2D eigenvalue weighted by Crippen LogP contribution is 2.30. The smallest absolute Gasteiger partial charge is 0.220 e. The van der Waals surface area contributed by atoms with Gasteiger partial charge in [0.1, 0.15) is 5.75 Å². The number of hydrogen-bond acceptors (Lipinski definition) is 5. The minimum absolute atomic E-state index is 0.216. The summed E-state index contributed by atoms with van der Waals surface area (Å²) in [7, 11) is 0. The fourth-order valence-corrected chi connectivity index (χ4v) is 2.62. The molecule has 104 valence electrons. The van der Waals surface area contributed by atoms with Crippen molar-refractivity contribution in [3.05, 3.63) is 36.0 Å². The molecule has 5 heteroatoms. The van der Waals surface area contributed by atoms with Crippen LogP contribution < -0.4 is 5.73 Å². The van der Waals surface area contributed by atoms with E-state index in [1.54, 1.807) is 18.3 Å². The van der Waals surface area contributed by atoms with Gasteiger partial charge in [-0.3, -0.25) is 4.90 Å². The third kappa shape index (κ3) is 2.58. The predicted molar refractivity (Wildman–Crippen MR) is 78.1 cm³/mol. The lowest BCUT2D eigenvalue weighted by atomic mass is 10.1. The van der Waals surface area contributed by atoms with Crippen molar-refractivity contribution in [1.82, 2.24) is 14.9 Å². The average Bonchev–Trinajstić information content (AvgIpc) is 2.94. The molecule has 0 aliphatic carbocycles. The van der Waals surface area contributed by atoms with E-state index in [2.05, 4.69) is 14.9 Å². The summed E-state index contributed by atoms with van der Waals surface area (Å²) in [5, 5.41) is 10.0. The average molecular weight is 270 g/mol. The fraction of sp³-hybridized carbons (Fsp3) is 0.333. The van der Waals surface area contributed by atoms with Gasteiger partial charge in [0.2, 0.25) is 5.95 Å². The highest BCUT2D eigenvalue weighted by Gasteiger charge is 2.17. The van der Waals surface area contributed by atoms with Crippen molar-refractivity contribution >= 4 is 5.95 Å². The van der Waals surface area contributed by atoms with Gasteiger partial charge in [0.15, 0.2) is 0 Å². The Kier molecular flexibility index (Phi) is 3.52. The first-order valence-electron chi connectivity index (χ1n) is 6.86. The number of aromatic hydroxyl groups is 1. The molecule has 5 nitrogen and oxygen atoms in total. The Morgan fingerprint density at radius 2 is 1.95 bits per heavy atom. The Hall–Kier alpha value is -2.14. The molecule has 0 bridgehead atoms. The minimum Gasteiger partial charge on any atom is -0.507 e. The molecule has 0 radical (unpaired) electrons. The number of hydrogen-bond donors (Lipinski definition) is 2. The molecule has 0 amide bonds. The molecule has 0 unspecified atom stereocenters. The second kappa shape index (κ2) is 5.46. The van der Waals surface area contributed by atoms with E-state index in [0.717, 1.165) is 30.9 Å². The molecule has 0 saturated carbocycles. The number of aromatic nitrogens is 2. The van der Waals surface area contributed by atoms with Crippen LogP contribution in [0.2, 0.25) is 0 Å². The van der Waals surface area contributed by atoms with E-state index in [0.29, 0.717) is 5.56 Å². The largest absolute Gasteiger partial charge is 0.507 e. The minimum atomic E-state index is 0.216. The normalized spacial score (nSPS) is 15.6. The van der Waals surface area contributed by atoms with Gasteiger partial charge >= 0.3 is 0 Å². The summed E-state index contributed by atoms with van der Waals surface area (Å²) in [6, 6.07) is 7.19. The van der Waals surface area contributed by atoms with Gasteiger partial charge in [-0.05, 0) is 38.1 Å². The molecule has 0 spiro atoms. The van der Waals surface area contributed by atoms with Crippen LogP contribution in [0.1, 0.15) is 18.4 Å². The van der Waals surface area contributed by atoms with Crippen molar-refractivity contribution in [2.24, 2.45) is 0 Å².